The minimum atomic E-state index is -0.460. The molecule has 0 radical (unpaired) electrons. The summed E-state index contributed by atoms with van der Waals surface area (Å²) in [6, 6.07) is 9.95. The Morgan fingerprint density at radius 1 is 1.23 bits per heavy atom. The van der Waals surface area contributed by atoms with Crippen molar-refractivity contribution in [1.29, 1.82) is 0 Å². The van der Waals surface area contributed by atoms with Crippen molar-refractivity contribution in [2.45, 2.75) is 27.4 Å². The van der Waals surface area contributed by atoms with Gasteiger partial charge in [-0.1, -0.05) is 5.16 Å². The molecule has 4 aromatic rings. The lowest BCUT2D eigenvalue weighted by Gasteiger charge is -2.04. The molecular formula is C23H20FN3O3S. The highest BCUT2D eigenvalue weighted by molar-refractivity contribution is 7.13. The molecule has 0 aliphatic rings. The molecule has 31 heavy (non-hydrogen) atoms. The molecule has 1 aromatic carbocycles. The second-order valence-corrected chi connectivity index (χ2v) is 7.91. The van der Waals surface area contributed by atoms with Gasteiger partial charge in [0.2, 0.25) is 0 Å². The molecule has 0 unspecified atom stereocenters. The molecule has 0 bridgehead atoms. The van der Waals surface area contributed by atoms with E-state index in [9.17, 15) is 9.18 Å². The predicted octanol–water partition coefficient (Wildman–Crippen LogP) is 5.41. The lowest BCUT2D eigenvalue weighted by atomic mass is 10.2. The molecule has 3 aromatic heterocycles. The second-order valence-electron chi connectivity index (χ2n) is 7.05. The summed E-state index contributed by atoms with van der Waals surface area (Å²) in [7, 11) is 0. The molecule has 0 amide bonds. The summed E-state index contributed by atoms with van der Waals surface area (Å²) in [5.41, 5.74) is 4.28. The highest BCUT2D eigenvalue weighted by Gasteiger charge is 2.13. The molecule has 158 valence electrons. The average molecular weight is 437 g/mol. The van der Waals surface area contributed by atoms with Crippen LogP contribution < -0.4 is 0 Å². The van der Waals surface area contributed by atoms with Gasteiger partial charge in [0.15, 0.2) is 5.82 Å². The zero-order chi connectivity index (χ0) is 22.0. The van der Waals surface area contributed by atoms with Crippen molar-refractivity contribution in [3.63, 3.8) is 0 Å². The number of thiazole rings is 1. The summed E-state index contributed by atoms with van der Waals surface area (Å²) >= 11 is 1.42. The van der Waals surface area contributed by atoms with Crippen LogP contribution in [0.4, 0.5) is 4.39 Å². The Balaban J connectivity index is 1.39. The van der Waals surface area contributed by atoms with Gasteiger partial charge in [0.1, 0.15) is 23.2 Å². The molecule has 8 heteroatoms. The summed E-state index contributed by atoms with van der Waals surface area (Å²) in [6.45, 7) is 5.83. The third kappa shape index (κ3) is 4.64. The monoisotopic (exact) mass is 437 g/mol. The first-order chi connectivity index (χ1) is 14.9. The van der Waals surface area contributed by atoms with Crippen LogP contribution in [0.25, 0.3) is 22.5 Å². The predicted molar refractivity (Wildman–Crippen MR) is 116 cm³/mol. The molecule has 0 atom stereocenters. The van der Waals surface area contributed by atoms with Crippen molar-refractivity contribution >= 4 is 23.4 Å². The number of benzene rings is 1. The Morgan fingerprint density at radius 2 is 2.00 bits per heavy atom. The number of hydrogen-bond donors (Lipinski definition) is 0. The number of carbonyl (C=O) groups excluding carboxylic acids is 1. The van der Waals surface area contributed by atoms with E-state index in [1.165, 1.54) is 29.5 Å². The van der Waals surface area contributed by atoms with E-state index in [1.807, 2.05) is 42.9 Å². The molecule has 0 aliphatic heterocycles. The Bertz CT molecular complexity index is 1250. The first-order valence-corrected chi connectivity index (χ1v) is 10.5. The molecule has 6 nitrogen and oxygen atoms in total. The van der Waals surface area contributed by atoms with Crippen LogP contribution in [0.15, 0.2) is 52.4 Å². The summed E-state index contributed by atoms with van der Waals surface area (Å²) in [5, 5.41) is 6.63. The molecule has 0 saturated heterocycles. The number of halogens is 1. The third-order valence-corrected chi connectivity index (χ3v) is 5.66. The van der Waals surface area contributed by atoms with E-state index in [2.05, 4.69) is 10.1 Å². The minimum Gasteiger partial charge on any atom is -0.456 e. The lowest BCUT2D eigenvalue weighted by Crippen LogP contribution is -2.01. The number of nitrogens with zero attached hydrogens (tertiary/aromatic N) is 3. The van der Waals surface area contributed by atoms with E-state index in [0.29, 0.717) is 11.5 Å². The third-order valence-electron chi connectivity index (χ3n) is 4.72. The fourth-order valence-corrected chi connectivity index (χ4v) is 4.03. The van der Waals surface area contributed by atoms with E-state index in [1.54, 1.807) is 18.2 Å². The fourth-order valence-electron chi connectivity index (χ4n) is 3.22. The second kappa shape index (κ2) is 8.69. The number of aromatic nitrogens is 3. The van der Waals surface area contributed by atoms with Crippen molar-refractivity contribution in [1.82, 2.24) is 14.7 Å². The first kappa shape index (κ1) is 20.7. The van der Waals surface area contributed by atoms with E-state index in [4.69, 9.17) is 9.26 Å². The maximum absolute atomic E-state index is 13.1. The van der Waals surface area contributed by atoms with Gasteiger partial charge < -0.3 is 9.26 Å². The number of ether oxygens (including phenoxy) is 1. The van der Waals surface area contributed by atoms with Crippen molar-refractivity contribution in [2.75, 3.05) is 0 Å². The smallest absolute Gasteiger partial charge is 0.331 e. The molecule has 0 N–H and O–H groups in total. The molecule has 3 heterocycles. The Labute approximate surface area is 182 Å². The molecular weight excluding hydrogens is 417 g/mol. The Kier molecular flexibility index (Phi) is 5.81. The van der Waals surface area contributed by atoms with Crippen molar-refractivity contribution < 1.29 is 18.4 Å². The number of hydrogen-bond acceptors (Lipinski definition) is 6. The number of carbonyl (C=O) groups is 1. The highest BCUT2D eigenvalue weighted by Crippen LogP contribution is 2.24. The maximum Gasteiger partial charge on any atom is 0.331 e. The maximum atomic E-state index is 13.1. The molecule has 0 saturated carbocycles. The van der Waals surface area contributed by atoms with Gasteiger partial charge in [-0.05, 0) is 62.7 Å². The van der Waals surface area contributed by atoms with Gasteiger partial charge in [0.05, 0.1) is 5.69 Å². The van der Waals surface area contributed by atoms with Crippen LogP contribution in [-0.4, -0.2) is 20.7 Å². The first-order valence-electron chi connectivity index (χ1n) is 9.58. The zero-order valence-electron chi connectivity index (χ0n) is 17.3. The molecule has 0 spiro atoms. The molecule has 4 rings (SSSR count). The molecule has 0 aliphatic carbocycles. The fraction of sp³-hybridized carbons (Fsp3) is 0.174. The Morgan fingerprint density at radius 3 is 2.71 bits per heavy atom. The standard InChI is InChI=1S/C23H20FN3O3S/c1-14-10-18(16(3)27(14)21-11-15(2)30-26-21)6-9-22(28)29-12-20-13-31-23(25-20)17-4-7-19(24)8-5-17/h4-11,13H,12H2,1-3H3/b9-6+. The van der Waals surface area contributed by atoms with Crippen LogP contribution in [0.2, 0.25) is 0 Å². The van der Waals surface area contributed by atoms with Crippen LogP contribution in [0, 0.1) is 26.6 Å². The van der Waals surface area contributed by atoms with Crippen molar-refractivity contribution in [3.05, 3.63) is 82.1 Å². The van der Waals surface area contributed by atoms with Gasteiger partial charge in [-0.25, -0.2) is 14.2 Å². The number of rotatable bonds is 6. The van der Waals surface area contributed by atoms with E-state index in [-0.39, 0.29) is 12.4 Å². The summed E-state index contributed by atoms with van der Waals surface area (Å²) in [5.74, 6) is 0.680. The van der Waals surface area contributed by atoms with Gasteiger partial charge in [-0.15, -0.1) is 11.3 Å². The van der Waals surface area contributed by atoms with Crippen LogP contribution >= 0.6 is 11.3 Å². The topological polar surface area (TPSA) is 70.2 Å². The number of esters is 1. The summed E-state index contributed by atoms with van der Waals surface area (Å²) in [6.07, 6.45) is 3.12. The SMILES string of the molecule is Cc1cc(-n2c(C)cc(/C=C/C(=O)OCc3csc(-c4ccc(F)cc4)n3)c2C)no1. The largest absolute Gasteiger partial charge is 0.456 e. The summed E-state index contributed by atoms with van der Waals surface area (Å²) in [4.78, 5) is 16.6. The van der Waals surface area contributed by atoms with Crippen LogP contribution in [0.3, 0.4) is 0 Å². The van der Waals surface area contributed by atoms with Crippen molar-refractivity contribution in [2.24, 2.45) is 0 Å². The van der Waals surface area contributed by atoms with Gasteiger partial charge in [0.25, 0.3) is 0 Å². The minimum absolute atomic E-state index is 0.0676. The quantitative estimate of drug-likeness (QED) is 0.298. The summed E-state index contributed by atoms with van der Waals surface area (Å²) < 4.78 is 25.5. The van der Waals surface area contributed by atoms with Crippen LogP contribution in [-0.2, 0) is 16.1 Å². The van der Waals surface area contributed by atoms with E-state index in [0.717, 1.165) is 33.3 Å². The highest BCUT2D eigenvalue weighted by atomic mass is 32.1. The van der Waals surface area contributed by atoms with Gasteiger partial charge in [0, 0.05) is 34.5 Å². The zero-order valence-corrected chi connectivity index (χ0v) is 18.1. The Hall–Kier alpha value is -3.52. The average Bonchev–Trinajstić information content (AvgIpc) is 3.45. The normalized spacial score (nSPS) is 11.4. The van der Waals surface area contributed by atoms with Crippen LogP contribution in [0.1, 0.15) is 28.4 Å². The van der Waals surface area contributed by atoms with Gasteiger partial charge >= 0.3 is 5.97 Å². The van der Waals surface area contributed by atoms with Crippen molar-refractivity contribution in [3.8, 4) is 16.4 Å². The van der Waals surface area contributed by atoms with E-state index >= 15 is 0 Å². The van der Waals surface area contributed by atoms with Crippen LogP contribution in [0.5, 0.6) is 0 Å². The lowest BCUT2D eigenvalue weighted by molar-refractivity contribution is -0.139. The van der Waals surface area contributed by atoms with Gasteiger partial charge in [-0.3, -0.25) is 4.57 Å². The molecule has 0 fully saturated rings. The van der Waals surface area contributed by atoms with Gasteiger partial charge in [-0.2, -0.15) is 0 Å². The van der Waals surface area contributed by atoms with E-state index < -0.39 is 5.97 Å². The number of aryl methyl sites for hydroxylation is 2.